The highest BCUT2D eigenvalue weighted by atomic mass is 16.6. The highest BCUT2D eigenvalue weighted by Crippen LogP contribution is 2.32. The predicted octanol–water partition coefficient (Wildman–Crippen LogP) is 1.90. The SMILES string of the molecule is CCOC(=O)c1ccc(N2CCCC2=O)c([N+](=O)[O-])c1. The largest absolute Gasteiger partial charge is 0.462 e. The summed E-state index contributed by atoms with van der Waals surface area (Å²) in [4.78, 5) is 35.2. The number of esters is 1. The van der Waals surface area contributed by atoms with E-state index in [9.17, 15) is 19.7 Å². The maximum absolute atomic E-state index is 11.7. The topological polar surface area (TPSA) is 89.8 Å². The fourth-order valence-corrected chi connectivity index (χ4v) is 2.14. The number of nitro benzene ring substituents is 1. The van der Waals surface area contributed by atoms with Crippen LogP contribution in [-0.4, -0.2) is 30.0 Å². The summed E-state index contributed by atoms with van der Waals surface area (Å²) in [6, 6.07) is 4.01. The van der Waals surface area contributed by atoms with Gasteiger partial charge in [0.05, 0.1) is 17.1 Å². The number of ether oxygens (including phenoxy) is 1. The number of amides is 1. The van der Waals surface area contributed by atoms with Gasteiger partial charge in [-0.05, 0) is 25.5 Å². The van der Waals surface area contributed by atoms with Gasteiger partial charge in [0.25, 0.3) is 5.69 Å². The molecule has 1 aliphatic heterocycles. The number of nitrogens with zero attached hydrogens (tertiary/aromatic N) is 2. The molecule has 1 amide bonds. The lowest BCUT2D eigenvalue weighted by molar-refractivity contribution is -0.384. The second kappa shape index (κ2) is 5.68. The zero-order chi connectivity index (χ0) is 14.7. The van der Waals surface area contributed by atoms with Gasteiger partial charge in [-0.25, -0.2) is 4.79 Å². The van der Waals surface area contributed by atoms with Crippen LogP contribution in [0, 0.1) is 10.1 Å². The smallest absolute Gasteiger partial charge is 0.338 e. The van der Waals surface area contributed by atoms with Crippen molar-refractivity contribution in [2.75, 3.05) is 18.1 Å². The molecule has 7 nitrogen and oxygen atoms in total. The molecule has 1 aromatic carbocycles. The Balaban J connectivity index is 2.41. The first-order valence-corrected chi connectivity index (χ1v) is 6.30. The van der Waals surface area contributed by atoms with Crippen molar-refractivity contribution < 1.29 is 19.2 Å². The van der Waals surface area contributed by atoms with Crippen LogP contribution >= 0.6 is 0 Å². The average Bonchev–Trinajstić information content (AvgIpc) is 2.84. The van der Waals surface area contributed by atoms with Crippen LogP contribution in [-0.2, 0) is 9.53 Å². The number of carbonyl (C=O) groups excluding carboxylic acids is 2. The van der Waals surface area contributed by atoms with E-state index in [0.717, 1.165) is 6.07 Å². The Bertz CT molecular complexity index is 570. The van der Waals surface area contributed by atoms with Crippen LogP contribution in [0.1, 0.15) is 30.1 Å². The molecule has 1 heterocycles. The van der Waals surface area contributed by atoms with Gasteiger partial charge in [0.1, 0.15) is 5.69 Å². The zero-order valence-electron chi connectivity index (χ0n) is 11.0. The number of carbonyl (C=O) groups is 2. The van der Waals surface area contributed by atoms with Crippen LogP contribution < -0.4 is 4.90 Å². The van der Waals surface area contributed by atoms with E-state index in [-0.39, 0.29) is 29.5 Å². The zero-order valence-corrected chi connectivity index (χ0v) is 11.0. The predicted molar refractivity (Wildman–Crippen MR) is 70.6 cm³/mol. The summed E-state index contributed by atoms with van der Waals surface area (Å²) >= 11 is 0. The summed E-state index contributed by atoms with van der Waals surface area (Å²) in [7, 11) is 0. The summed E-state index contributed by atoms with van der Waals surface area (Å²) in [6.45, 7) is 2.31. The van der Waals surface area contributed by atoms with Gasteiger partial charge >= 0.3 is 5.97 Å². The van der Waals surface area contributed by atoms with Gasteiger partial charge in [0.2, 0.25) is 5.91 Å². The quantitative estimate of drug-likeness (QED) is 0.476. The fraction of sp³-hybridized carbons (Fsp3) is 0.385. The van der Waals surface area contributed by atoms with Crippen molar-refractivity contribution in [2.45, 2.75) is 19.8 Å². The summed E-state index contributed by atoms with van der Waals surface area (Å²) in [6.07, 6.45) is 1.06. The molecule has 20 heavy (non-hydrogen) atoms. The Kier molecular flexibility index (Phi) is 3.97. The molecule has 0 atom stereocenters. The van der Waals surface area contributed by atoms with Crippen LogP contribution in [0.25, 0.3) is 0 Å². The Morgan fingerprint density at radius 3 is 2.80 bits per heavy atom. The van der Waals surface area contributed by atoms with Gasteiger partial charge in [0, 0.05) is 19.0 Å². The normalized spacial score (nSPS) is 14.4. The molecule has 1 fully saturated rings. The molecule has 0 N–H and O–H groups in total. The summed E-state index contributed by atoms with van der Waals surface area (Å²) < 4.78 is 4.81. The number of benzene rings is 1. The Morgan fingerprint density at radius 1 is 1.50 bits per heavy atom. The molecule has 7 heteroatoms. The van der Waals surface area contributed by atoms with Crippen LogP contribution in [0.2, 0.25) is 0 Å². The number of rotatable bonds is 4. The van der Waals surface area contributed by atoms with E-state index < -0.39 is 10.9 Å². The number of hydrogen-bond donors (Lipinski definition) is 0. The molecule has 2 rings (SSSR count). The lowest BCUT2D eigenvalue weighted by Crippen LogP contribution is -2.24. The number of anilines is 1. The molecule has 1 aliphatic rings. The van der Waals surface area contributed by atoms with Gasteiger partial charge < -0.3 is 9.64 Å². The van der Waals surface area contributed by atoms with E-state index in [0.29, 0.717) is 19.4 Å². The van der Waals surface area contributed by atoms with Crippen molar-refractivity contribution in [3.05, 3.63) is 33.9 Å². The van der Waals surface area contributed by atoms with Crippen LogP contribution in [0.4, 0.5) is 11.4 Å². The van der Waals surface area contributed by atoms with E-state index in [1.807, 2.05) is 0 Å². The lowest BCUT2D eigenvalue weighted by atomic mass is 10.1. The van der Waals surface area contributed by atoms with Crippen LogP contribution in [0.3, 0.4) is 0 Å². The highest BCUT2D eigenvalue weighted by Gasteiger charge is 2.29. The van der Waals surface area contributed by atoms with Crippen LogP contribution in [0.15, 0.2) is 18.2 Å². The maximum atomic E-state index is 11.7. The molecule has 0 unspecified atom stereocenters. The van der Waals surface area contributed by atoms with Crippen molar-refractivity contribution in [3.63, 3.8) is 0 Å². The third-order valence-corrected chi connectivity index (χ3v) is 3.05. The third-order valence-electron chi connectivity index (χ3n) is 3.05. The molecule has 0 aliphatic carbocycles. The van der Waals surface area contributed by atoms with E-state index in [1.165, 1.54) is 17.0 Å². The number of hydrogen-bond acceptors (Lipinski definition) is 5. The molecule has 0 radical (unpaired) electrons. The van der Waals surface area contributed by atoms with Gasteiger partial charge in [0.15, 0.2) is 0 Å². The van der Waals surface area contributed by atoms with Gasteiger partial charge in [-0.15, -0.1) is 0 Å². The Morgan fingerprint density at radius 2 is 2.25 bits per heavy atom. The fourth-order valence-electron chi connectivity index (χ4n) is 2.14. The van der Waals surface area contributed by atoms with Gasteiger partial charge in [-0.3, -0.25) is 14.9 Å². The van der Waals surface area contributed by atoms with Crippen LogP contribution in [0.5, 0.6) is 0 Å². The van der Waals surface area contributed by atoms with E-state index >= 15 is 0 Å². The van der Waals surface area contributed by atoms with Crippen molar-refractivity contribution in [1.29, 1.82) is 0 Å². The third kappa shape index (κ3) is 2.61. The first kappa shape index (κ1) is 14.0. The standard InChI is InChI=1S/C13H14N2O5/c1-2-20-13(17)9-5-6-10(11(8-9)15(18)19)14-7-3-4-12(14)16/h5-6,8H,2-4,7H2,1H3. The molecular formula is C13H14N2O5. The minimum Gasteiger partial charge on any atom is -0.462 e. The summed E-state index contributed by atoms with van der Waals surface area (Å²) in [5.74, 6) is -0.758. The Hall–Kier alpha value is -2.44. The molecule has 106 valence electrons. The molecule has 1 aromatic rings. The van der Waals surface area contributed by atoms with Crippen molar-refractivity contribution >= 4 is 23.3 Å². The maximum Gasteiger partial charge on any atom is 0.338 e. The van der Waals surface area contributed by atoms with Gasteiger partial charge in [-0.2, -0.15) is 0 Å². The number of nitro groups is 1. The van der Waals surface area contributed by atoms with E-state index in [2.05, 4.69) is 0 Å². The first-order chi connectivity index (χ1) is 9.54. The van der Waals surface area contributed by atoms with E-state index in [4.69, 9.17) is 4.74 Å². The van der Waals surface area contributed by atoms with Crippen molar-refractivity contribution in [3.8, 4) is 0 Å². The molecular weight excluding hydrogens is 264 g/mol. The van der Waals surface area contributed by atoms with Gasteiger partial charge in [-0.1, -0.05) is 0 Å². The lowest BCUT2D eigenvalue weighted by Gasteiger charge is -2.16. The second-order valence-electron chi connectivity index (χ2n) is 4.33. The molecule has 0 bridgehead atoms. The minimum atomic E-state index is -0.616. The summed E-state index contributed by atoms with van der Waals surface area (Å²) in [5, 5.41) is 11.1. The van der Waals surface area contributed by atoms with Crippen molar-refractivity contribution in [1.82, 2.24) is 0 Å². The molecule has 0 saturated carbocycles. The molecule has 1 saturated heterocycles. The van der Waals surface area contributed by atoms with E-state index in [1.54, 1.807) is 6.92 Å². The first-order valence-electron chi connectivity index (χ1n) is 6.30. The summed E-state index contributed by atoms with van der Waals surface area (Å²) in [5.41, 5.74) is 0.0743. The minimum absolute atomic E-state index is 0.106. The monoisotopic (exact) mass is 278 g/mol. The average molecular weight is 278 g/mol. The van der Waals surface area contributed by atoms with Crippen molar-refractivity contribution in [2.24, 2.45) is 0 Å². The highest BCUT2D eigenvalue weighted by molar-refractivity contribution is 5.99. The second-order valence-corrected chi connectivity index (χ2v) is 4.33. The molecule has 0 spiro atoms. The molecule has 0 aromatic heterocycles. The Labute approximate surface area is 115 Å².